The first-order chi connectivity index (χ1) is 73.9. The van der Waals surface area contributed by atoms with Crippen molar-refractivity contribution in [2.45, 2.75) is 176 Å². The van der Waals surface area contributed by atoms with Gasteiger partial charge in [-0.2, -0.15) is 0 Å². The number of benzene rings is 14. The molecule has 0 amide bonds. The minimum Gasteiger partial charge on any atom is -0.452 e. The van der Waals surface area contributed by atoms with Crippen LogP contribution in [-0.4, -0.2) is 183 Å². The first-order valence-corrected chi connectivity index (χ1v) is 52.3. The highest BCUT2D eigenvalue weighted by molar-refractivity contribution is 8.76. The monoisotopic (exact) mass is 2060 g/mol. The summed E-state index contributed by atoms with van der Waals surface area (Å²) in [6, 6.07) is 125. The minimum atomic E-state index is -1.89. The lowest BCUT2D eigenvalue weighted by atomic mass is 9.96. The molecule has 4 aliphatic heterocycles. The van der Waals surface area contributed by atoms with Gasteiger partial charge in [-0.15, -0.1) is 0 Å². The number of carbonyl (C=O) groups is 6. The molecule has 770 valence electrons. The van der Waals surface area contributed by atoms with Crippen molar-refractivity contribution < 1.29 is 124 Å². The summed E-state index contributed by atoms with van der Waals surface area (Å²) in [4.78, 5) is 93.4. The SMILES string of the molecule is O=C(O[C@@H]1[C@@H](OC(=O)c2ccccc2)[C@H](O[C@H]2[C@H](OCc3ccccc3)[C@@H](OCc3ccccc3)[C@H](OCc3ccccc3)O[C@@H]2COCc2ccccc2)O[C@H](CSSC[C@H]2O[C@@H](O[C@H]3[C@H](OCc4ccccc4)[C@@H](OCc4ccccc4)[C@H](OCc4ccccc4)O[C@@H]3COCc3ccccc3)[C@H](OC(=O)c3ccccc3)[C@@H](OC(=O)c3ccccc3)[C@@H]2OC(=O)c2ccccc2)[C@H]1OC(=O)c1ccccc1)c1ccccc1. The van der Waals surface area contributed by atoms with Crippen molar-refractivity contribution in [3.05, 3.63) is 503 Å². The smallest absolute Gasteiger partial charge is 0.338 e. The molecular weight excluding hydrogens is 1950 g/mol. The van der Waals surface area contributed by atoms with Crippen LogP contribution in [0.15, 0.2) is 425 Å². The molecule has 4 aliphatic rings. The normalized spacial score (nSPS) is 23.5. The van der Waals surface area contributed by atoms with E-state index in [4.69, 9.17) is 94.7 Å². The summed E-state index contributed by atoms with van der Waals surface area (Å²) in [5, 5.41) is 0. The molecule has 20 atom stereocenters. The molecule has 0 radical (unpaired) electrons. The largest absolute Gasteiger partial charge is 0.452 e. The highest BCUT2D eigenvalue weighted by Crippen LogP contribution is 2.44. The van der Waals surface area contributed by atoms with E-state index in [2.05, 4.69) is 0 Å². The van der Waals surface area contributed by atoms with Gasteiger partial charge in [0.05, 0.1) is 99.4 Å². The van der Waals surface area contributed by atoms with Gasteiger partial charge < -0.3 is 94.7 Å². The molecule has 0 bridgehead atoms. The molecular formula is C122H114O26S2. The number of hydrogen-bond donors (Lipinski definition) is 0. The fourth-order valence-corrected chi connectivity index (χ4v) is 20.2. The van der Waals surface area contributed by atoms with Gasteiger partial charge in [-0.05, 0) is 117 Å². The third-order valence-electron chi connectivity index (χ3n) is 25.5. The fraction of sp³-hybridized carbons (Fsp3) is 0.262. The Morgan fingerprint density at radius 2 is 0.367 bits per heavy atom. The first kappa shape index (κ1) is 106. The van der Waals surface area contributed by atoms with E-state index < -0.39 is 159 Å². The van der Waals surface area contributed by atoms with Crippen molar-refractivity contribution in [1.29, 1.82) is 0 Å². The first-order valence-electron chi connectivity index (χ1n) is 49.8. The van der Waals surface area contributed by atoms with Crippen molar-refractivity contribution in [1.82, 2.24) is 0 Å². The Hall–Kier alpha value is -14.0. The van der Waals surface area contributed by atoms with Crippen LogP contribution in [0, 0.1) is 0 Å². The summed E-state index contributed by atoms with van der Waals surface area (Å²) in [6.07, 6.45) is -30.2. The molecule has 0 unspecified atom stereocenters. The van der Waals surface area contributed by atoms with E-state index >= 15 is 28.8 Å². The molecule has 4 heterocycles. The maximum atomic E-state index is 15.6. The zero-order valence-electron chi connectivity index (χ0n) is 81.9. The molecule has 0 N–H and O–H groups in total. The van der Waals surface area contributed by atoms with E-state index in [-0.39, 0.29) is 111 Å². The highest BCUT2D eigenvalue weighted by Gasteiger charge is 2.60. The molecule has 14 aromatic carbocycles. The summed E-state index contributed by atoms with van der Waals surface area (Å²) in [6.45, 7) is -0.216. The Kier molecular flexibility index (Phi) is 38.8. The molecule has 28 heteroatoms. The second-order valence-corrected chi connectivity index (χ2v) is 38.5. The molecule has 150 heavy (non-hydrogen) atoms. The van der Waals surface area contributed by atoms with Crippen molar-refractivity contribution >= 4 is 57.4 Å². The van der Waals surface area contributed by atoms with E-state index in [1.807, 2.05) is 243 Å². The van der Waals surface area contributed by atoms with Crippen LogP contribution in [0.2, 0.25) is 0 Å². The van der Waals surface area contributed by atoms with E-state index in [0.29, 0.717) is 0 Å². The molecule has 0 saturated carbocycles. The van der Waals surface area contributed by atoms with Gasteiger partial charge in [0.2, 0.25) is 0 Å². The second kappa shape index (κ2) is 55.0. The summed E-state index contributed by atoms with van der Waals surface area (Å²) < 4.78 is 143. The molecule has 4 saturated heterocycles. The van der Waals surface area contributed by atoms with E-state index in [1.54, 1.807) is 182 Å². The maximum absolute atomic E-state index is 15.6. The van der Waals surface area contributed by atoms with Crippen LogP contribution < -0.4 is 0 Å². The number of ether oxygens (including phenoxy) is 20. The van der Waals surface area contributed by atoms with Crippen molar-refractivity contribution in [2.24, 2.45) is 0 Å². The zero-order chi connectivity index (χ0) is 103. The minimum absolute atomic E-state index is 0.00795. The Labute approximate surface area is 878 Å². The van der Waals surface area contributed by atoms with Gasteiger partial charge in [0.25, 0.3) is 0 Å². The maximum Gasteiger partial charge on any atom is 0.338 e. The number of hydrogen-bond acceptors (Lipinski definition) is 28. The predicted octanol–water partition coefficient (Wildman–Crippen LogP) is 20.6. The van der Waals surface area contributed by atoms with Crippen molar-refractivity contribution in [2.75, 3.05) is 24.7 Å². The fourth-order valence-electron chi connectivity index (χ4n) is 17.8. The quantitative estimate of drug-likeness (QED) is 0.0148. The van der Waals surface area contributed by atoms with Crippen LogP contribution >= 0.6 is 21.6 Å². The van der Waals surface area contributed by atoms with E-state index in [1.165, 1.54) is 0 Å². The standard InChI is InChI=1S/C122H114O26S2/c123-113(91-59-31-9-32-60-91)141-103-99(139-121(111(145-117(127)95-67-39-13-40-68-95)107(103)143-115(125)93-63-35-11-36-64-93)147-101-97(79-129-71-83-43-15-1-16-44-83)137-119(135-77-89-55-27-7-28-56-89)109(133-75-87-51-23-5-24-52-87)105(101)131-73-85-47-19-3-20-48-85)81-149-150-82-100-104(142-114(124)92-61-33-10-34-62-92)108(144-116(126)94-65-37-12-38-66-94)112(146-118(128)96-69-41-14-42-70-96)122(140-100)148-102-98(80-130-72-84-45-17-2-18-46-84)138-120(136-78-90-57-29-8-30-58-90)110(134-76-88-53-25-6-26-54-88)106(102)132-74-86-49-21-4-22-50-86/h1-70,97-112,119-122H,71-82H2/t97-,98-,99-,100-,101-,102-,103-,104-,105+,106+,107+,108+,109-,110-,111-,112-,119-,120-,121+,122+/m1/s1. The summed E-state index contributed by atoms with van der Waals surface area (Å²) in [5.74, 6) is -6.06. The van der Waals surface area contributed by atoms with Crippen LogP contribution in [0.3, 0.4) is 0 Å². The van der Waals surface area contributed by atoms with E-state index in [9.17, 15) is 0 Å². The lowest BCUT2D eigenvalue weighted by molar-refractivity contribution is -0.366. The van der Waals surface area contributed by atoms with E-state index in [0.717, 1.165) is 66.1 Å². The number of carbonyl (C=O) groups excluding carboxylic acids is 6. The van der Waals surface area contributed by atoms with Crippen LogP contribution in [0.25, 0.3) is 0 Å². The lowest BCUT2D eigenvalue weighted by Gasteiger charge is -2.49. The van der Waals surface area contributed by atoms with Gasteiger partial charge in [-0.25, -0.2) is 28.8 Å². The van der Waals surface area contributed by atoms with Gasteiger partial charge in [0, 0.05) is 11.5 Å². The summed E-state index contributed by atoms with van der Waals surface area (Å²) >= 11 is 0. The highest BCUT2D eigenvalue weighted by atomic mass is 33.1. The molecule has 0 aliphatic carbocycles. The van der Waals surface area contributed by atoms with Gasteiger partial charge >= 0.3 is 35.8 Å². The molecule has 18 rings (SSSR count). The Morgan fingerprint density at radius 1 is 0.180 bits per heavy atom. The Bertz CT molecular complexity index is 6060. The van der Waals surface area contributed by atoms with Crippen LogP contribution in [0.1, 0.15) is 107 Å². The average Bonchev–Trinajstić information content (AvgIpc) is 0.761. The lowest BCUT2D eigenvalue weighted by Crippen LogP contribution is -2.67. The summed E-state index contributed by atoms with van der Waals surface area (Å²) in [7, 11) is 2.25. The second-order valence-electron chi connectivity index (χ2n) is 36.0. The van der Waals surface area contributed by atoms with Crippen LogP contribution in [-0.2, 0) is 148 Å². The van der Waals surface area contributed by atoms with Crippen LogP contribution in [0.5, 0.6) is 0 Å². The Balaban J connectivity index is 0.766. The third-order valence-corrected chi connectivity index (χ3v) is 27.9. The summed E-state index contributed by atoms with van der Waals surface area (Å²) in [5.41, 5.74) is 6.80. The van der Waals surface area contributed by atoms with Crippen LogP contribution in [0.4, 0.5) is 0 Å². The Morgan fingerprint density at radius 3 is 0.600 bits per heavy atom. The molecule has 0 spiro atoms. The molecule has 4 fully saturated rings. The van der Waals surface area contributed by atoms with Gasteiger partial charge in [0.15, 0.2) is 61.8 Å². The van der Waals surface area contributed by atoms with Gasteiger partial charge in [-0.1, -0.05) is 373 Å². The third kappa shape index (κ3) is 29.6. The molecule has 0 aromatic heterocycles. The molecule has 14 aromatic rings. The topological polar surface area (TPSA) is 287 Å². The van der Waals surface area contributed by atoms with Crippen molar-refractivity contribution in [3.8, 4) is 0 Å². The number of esters is 6. The number of rotatable bonds is 47. The molecule has 26 nitrogen and oxygen atoms in total. The van der Waals surface area contributed by atoms with Crippen molar-refractivity contribution in [3.63, 3.8) is 0 Å². The predicted molar refractivity (Wildman–Crippen MR) is 558 cm³/mol. The zero-order valence-corrected chi connectivity index (χ0v) is 83.5. The average molecular weight is 2060 g/mol. The van der Waals surface area contributed by atoms with Gasteiger partial charge in [-0.3, -0.25) is 0 Å². The van der Waals surface area contributed by atoms with Gasteiger partial charge in [0.1, 0.15) is 61.0 Å².